The number of rotatable bonds is 7. The van der Waals surface area contributed by atoms with Gasteiger partial charge in [-0.2, -0.15) is 0 Å². The Bertz CT molecular complexity index is 541. The zero-order chi connectivity index (χ0) is 23.1. The second-order valence-corrected chi connectivity index (χ2v) is 7.92. The molecule has 0 radical (unpaired) electrons. The zero-order valence-electron chi connectivity index (χ0n) is 16.5. The molecule has 12 nitrogen and oxygen atoms in total. The number of carboxylic acids is 2. The van der Waals surface area contributed by atoms with Gasteiger partial charge in [0.05, 0.1) is 13.2 Å². The molecule has 14 heteroatoms. The van der Waals surface area contributed by atoms with Crippen LogP contribution in [0, 0.1) is 0 Å². The molecule has 0 aromatic rings. The third kappa shape index (κ3) is 10.4. The van der Waals surface area contributed by atoms with Crippen molar-refractivity contribution in [3.63, 3.8) is 0 Å². The maximum absolute atomic E-state index is 10.8. The number of hydrogen-bond donors (Lipinski definition) is 6. The monoisotopic (exact) mass is 651 g/mol. The fourth-order valence-electron chi connectivity index (χ4n) is 1.99. The van der Waals surface area contributed by atoms with E-state index >= 15 is 0 Å². The minimum atomic E-state index is -2.60. The van der Waals surface area contributed by atoms with E-state index < -0.39 is 67.2 Å². The quantitative estimate of drug-likeness (QED) is 0.156. The van der Waals surface area contributed by atoms with Crippen LogP contribution in [-0.2, 0) is 40.1 Å². The number of aliphatic hydroxyl groups is 4. The van der Waals surface area contributed by atoms with E-state index in [0.717, 1.165) is 25.7 Å². The van der Waals surface area contributed by atoms with Crippen molar-refractivity contribution in [2.75, 3.05) is 13.2 Å². The molecule has 3 aliphatic rings. The molecule has 3 fully saturated rings. The molecular weight excluding hydrogens is 623 g/mol. The molecule has 0 aromatic heterocycles. The molecule has 0 spiro atoms. The Kier molecular flexibility index (Phi) is 13.8. The van der Waals surface area contributed by atoms with Crippen molar-refractivity contribution in [3.8, 4) is 0 Å². The van der Waals surface area contributed by atoms with Crippen LogP contribution in [0.1, 0.15) is 32.1 Å². The molecule has 5 atom stereocenters. The predicted molar refractivity (Wildman–Crippen MR) is 103 cm³/mol. The van der Waals surface area contributed by atoms with E-state index in [1.54, 1.807) is 0 Å². The average Bonchev–Trinajstić information content (AvgIpc) is 3.62. The van der Waals surface area contributed by atoms with Crippen LogP contribution in [0.5, 0.6) is 0 Å². The van der Waals surface area contributed by atoms with Crippen molar-refractivity contribution in [1.29, 1.82) is 0 Å². The van der Waals surface area contributed by atoms with Crippen molar-refractivity contribution in [2.24, 2.45) is 0 Å². The third-order valence-electron chi connectivity index (χ3n) is 4.41. The van der Waals surface area contributed by atoms with Crippen molar-refractivity contribution in [3.05, 3.63) is 11.5 Å². The minimum Gasteiger partial charge on any atom is -0.675 e. The second-order valence-electron chi connectivity index (χ2n) is 7.28. The number of aliphatic hydroxyl groups excluding tert-OH is 4. The van der Waals surface area contributed by atoms with Crippen LogP contribution in [0.15, 0.2) is 0 Å². The normalized spacial score (nSPS) is 30.0. The largest absolute Gasteiger partial charge is 2.00 e. The molecule has 3 rings (SSSR count). The van der Waals surface area contributed by atoms with E-state index in [1.165, 1.54) is 0 Å². The van der Waals surface area contributed by atoms with E-state index in [9.17, 15) is 24.9 Å². The van der Waals surface area contributed by atoms with Gasteiger partial charge in [-0.1, -0.05) is 37.3 Å². The number of halogens is 1. The van der Waals surface area contributed by atoms with Crippen molar-refractivity contribution < 1.29 is 70.8 Å². The minimum absolute atomic E-state index is 0. The number of aliphatic carboxylic acids is 2. The summed E-state index contributed by atoms with van der Waals surface area (Å²) in [7, 11) is 0. The Morgan fingerprint density at radius 3 is 1.71 bits per heavy atom. The molecule has 1 saturated heterocycles. The molecule has 0 aromatic carbocycles. The summed E-state index contributed by atoms with van der Waals surface area (Å²) in [6, 6.07) is 0.667. The number of carbonyl (C=O) groups is 2. The van der Waals surface area contributed by atoms with E-state index in [1.807, 2.05) is 0 Å². The number of ether oxygens (including phenoxy) is 2. The number of nitrogens with one attached hydrogen (secondary N) is 2. The fraction of sp³-hybridized carbons (Fsp3) is 0.882. The molecule has 184 valence electrons. The van der Waals surface area contributed by atoms with E-state index in [2.05, 4.69) is 0 Å². The Labute approximate surface area is 198 Å². The van der Waals surface area contributed by atoms with E-state index in [0.29, 0.717) is 12.1 Å². The van der Waals surface area contributed by atoms with Gasteiger partial charge in [0.15, 0.2) is 6.29 Å². The van der Waals surface area contributed by atoms with Gasteiger partial charge in [0.1, 0.15) is 24.4 Å². The van der Waals surface area contributed by atoms with Crippen LogP contribution in [0.4, 0.5) is 0 Å². The molecule has 1 unspecified atom stereocenters. The molecular formula is C17H29ClN2O10Pt. The van der Waals surface area contributed by atoms with Crippen molar-refractivity contribution in [1.82, 2.24) is 0 Å². The summed E-state index contributed by atoms with van der Waals surface area (Å²) < 4.78 is 9.97. The van der Waals surface area contributed by atoms with Gasteiger partial charge in [-0.25, -0.2) is 9.59 Å². The first-order chi connectivity index (χ1) is 13.9. The van der Waals surface area contributed by atoms with Crippen LogP contribution < -0.4 is 0 Å². The van der Waals surface area contributed by atoms with Gasteiger partial charge in [-0.15, -0.1) is 12.1 Å². The molecule has 31 heavy (non-hydrogen) atoms. The van der Waals surface area contributed by atoms with Crippen molar-refractivity contribution in [2.45, 2.75) is 79.8 Å². The van der Waals surface area contributed by atoms with Gasteiger partial charge in [0.2, 0.25) is 4.87 Å². The number of hydrogen-bond acceptors (Lipinski definition) is 8. The van der Waals surface area contributed by atoms with Gasteiger partial charge in [0, 0.05) is 6.42 Å². The molecule has 0 amide bonds. The average molecular weight is 652 g/mol. The first kappa shape index (κ1) is 30.6. The fourth-order valence-corrected chi connectivity index (χ4v) is 2.07. The van der Waals surface area contributed by atoms with E-state index in [-0.39, 0.29) is 21.1 Å². The Morgan fingerprint density at radius 1 is 0.968 bits per heavy atom. The SMILES string of the molecule is O=C(O)C(Cl)(CCOC1O[C@H](CO)[C@@H](O)[C@H](O)[C@H]1O)C(=O)O.[NH-]C1CC1.[NH-]C1CC1.[Pt+2]. The van der Waals surface area contributed by atoms with Crippen LogP contribution in [0.2, 0.25) is 0 Å². The summed E-state index contributed by atoms with van der Waals surface area (Å²) in [5.41, 5.74) is 13.4. The number of carboxylic acid groups (broad SMARTS) is 2. The zero-order valence-corrected chi connectivity index (χ0v) is 19.5. The maximum Gasteiger partial charge on any atom is 2.00 e. The first-order valence-corrected chi connectivity index (χ1v) is 9.81. The van der Waals surface area contributed by atoms with Gasteiger partial charge < -0.3 is 51.6 Å². The molecule has 8 N–H and O–H groups in total. The summed E-state index contributed by atoms with van der Waals surface area (Å²) in [5, 5.41) is 55.3. The number of alkyl halides is 1. The molecule has 1 heterocycles. The maximum atomic E-state index is 10.8. The Balaban J connectivity index is 0.000000822. The van der Waals surface area contributed by atoms with Gasteiger partial charge in [0.25, 0.3) is 0 Å². The van der Waals surface area contributed by atoms with Crippen molar-refractivity contribution >= 4 is 23.5 Å². The Morgan fingerprint density at radius 2 is 1.39 bits per heavy atom. The first-order valence-electron chi connectivity index (χ1n) is 9.44. The Hall–Kier alpha value is -0.402. The summed E-state index contributed by atoms with van der Waals surface area (Å²) in [4.78, 5) is 19.1. The van der Waals surface area contributed by atoms with Gasteiger partial charge in [-0.3, -0.25) is 0 Å². The standard InChI is InChI=1S/C11H17ClO10.2C3H6N.Pt/c12-11(9(17)18,10(19)20)1-2-21-8-7(16)6(15)5(14)4(3-13)22-8;2*4-3-1-2-3;/h4-8,13-16H,1-3H2,(H,17,18)(H,19,20);2*3-4H,1-2H2;/q;2*-1;+2/t4-,5-,6+,7-,8?;;;/m1.../s1. The topological polar surface area (TPSA) is 222 Å². The van der Waals surface area contributed by atoms with Crippen LogP contribution in [0.3, 0.4) is 0 Å². The summed E-state index contributed by atoms with van der Waals surface area (Å²) in [6.07, 6.45) is -3.60. The van der Waals surface area contributed by atoms with Crippen LogP contribution in [-0.4, -0.2) is 103 Å². The third-order valence-corrected chi connectivity index (χ3v) is 4.92. The molecule has 0 bridgehead atoms. The van der Waals surface area contributed by atoms with Crippen LogP contribution in [0.25, 0.3) is 11.5 Å². The molecule has 1 aliphatic heterocycles. The molecule has 2 saturated carbocycles. The summed E-state index contributed by atoms with van der Waals surface area (Å²) >= 11 is 5.46. The van der Waals surface area contributed by atoms with E-state index in [4.69, 9.17) is 47.9 Å². The summed E-state index contributed by atoms with van der Waals surface area (Å²) in [6.45, 7) is -1.18. The van der Waals surface area contributed by atoms with Crippen LogP contribution >= 0.6 is 11.6 Å². The smallest absolute Gasteiger partial charge is 0.675 e. The van der Waals surface area contributed by atoms with Gasteiger partial charge in [-0.05, 0) is 0 Å². The second kappa shape index (κ2) is 14.0. The predicted octanol–water partition coefficient (Wildman–Crippen LogP) is -0.261. The summed E-state index contributed by atoms with van der Waals surface area (Å²) in [5.74, 6) is -3.56. The van der Waals surface area contributed by atoms with Gasteiger partial charge >= 0.3 is 33.0 Å². The molecule has 2 aliphatic carbocycles.